The molecule has 2 aromatic carbocycles. The molecule has 36 heavy (non-hydrogen) atoms. The van der Waals surface area contributed by atoms with Crippen molar-refractivity contribution in [2.24, 2.45) is 0 Å². The van der Waals surface area contributed by atoms with E-state index in [0.717, 1.165) is 0 Å². The second-order valence-electron chi connectivity index (χ2n) is 7.45. The van der Waals surface area contributed by atoms with Gasteiger partial charge in [-0.25, -0.2) is 0 Å². The highest BCUT2D eigenvalue weighted by Crippen LogP contribution is 2.23. The molecule has 0 aromatic heterocycles. The van der Waals surface area contributed by atoms with E-state index in [1.807, 2.05) is 0 Å². The van der Waals surface area contributed by atoms with Gasteiger partial charge >= 0.3 is 0 Å². The Morgan fingerprint density at radius 2 is 1.14 bits per heavy atom. The van der Waals surface area contributed by atoms with Crippen molar-refractivity contribution >= 4 is 44.8 Å². The van der Waals surface area contributed by atoms with E-state index in [1.165, 1.54) is 45.9 Å². The number of nitrogens with zero attached hydrogens (tertiary/aromatic N) is 2. The van der Waals surface area contributed by atoms with Gasteiger partial charge in [0.05, 0.1) is 34.2 Å². The summed E-state index contributed by atoms with van der Waals surface area (Å²) in [7, 11) is 2.88. The zero-order valence-corrected chi connectivity index (χ0v) is 20.8. The molecule has 2 aromatic rings. The smallest absolute Gasteiger partial charge is 0.275 e. The highest BCUT2D eigenvalue weighted by Gasteiger charge is 2.15. The maximum atomic E-state index is 12.0. The quantitative estimate of drug-likeness (QED) is 0.114. The van der Waals surface area contributed by atoms with E-state index in [0.29, 0.717) is 22.6 Å². The average molecular weight is 539 g/mol. The highest BCUT2D eigenvalue weighted by molar-refractivity contribution is 8.76. The molecule has 2 amide bonds. The predicted octanol–water partition coefficient (Wildman–Crippen LogP) is 2.58. The Balaban J connectivity index is 1.61. The van der Waals surface area contributed by atoms with E-state index < -0.39 is 23.1 Å². The Morgan fingerprint density at radius 1 is 0.750 bits per heavy atom. The zero-order chi connectivity index (χ0) is 26.5. The van der Waals surface area contributed by atoms with Gasteiger partial charge in [0, 0.05) is 49.6 Å². The molecule has 0 radical (unpaired) electrons. The minimum absolute atomic E-state index is 0.134. The number of amides is 2. The lowest BCUT2D eigenvalue weighted by atomic mass is 10.1. The lowest BCUT2D eigenvalue weighted by Gasteiger charge is -2.07. The standard InChI is InChI=1S/C22H26N4O8S2/c27-13-17-3-1-15(9-19(17)25(31)32)11-23-21(29)5-7-35-36-8-6-22(30)24-12-16-2-4-18(14-28)20(10-16)26(33)34/h1-4,9-10,27-28H,5-8,11-14H2,(H,23,29)(H,24,30). The fourth-order valence-corrected chi connectivity index (χ4v) is 4.99. The van der Waals surface area contributed by atoms with Crippen LogP contribution in [-0.4, -0.2) is 43.4 Å². The van der Waals surface area contributed by atoms with Crippen LogP contribution in [0, 0.1) is 20.2 Å². The van der Waals surface area contributed by atoms with Gasteiger partial charge in [0.1, 0.15) is 0 Å². The zero-order valence-electron chi connectivity index (χ0n) is 19.2. The van der Waals surface area contributed by atoms with E-state index in [2.05, 4.69) is 10.6 Å². The Bertz CT molecular complexity index is 1010. The molecule has 0 atom stereocenters. The first kappa shape index (κ1) is 29.0. The minimum Gasteiger partial charge on any atom is -0.391 e. The van der Waals surface area contributed by atoms with Gasteiger partial charge in [-0.1, -0.05) is 33.7 Å². The molecule has 0 spiro atoms. The maximum Gasteiger partial charge on any atom is 0.275 e. The average Bonchev–Trinajstić information content (AvgIpc) is 2.87. The largest absolute Gasteiger partial charge is 0.391 e. The molecular weight excluding hydrogens is 512 g/mol. The molecule has 0 fully saturated rings. The van der Waals surface area contributed by atoms with Gasteiger partial charge in [-0.15, -0.1) is 0 Å². The van der Waals surface area contributed by atoms with E-state index in [9.17, 15) is 29.8 Å². The third-order valence-corrected chi connectivity index (χ3v) is 7.33. The molecule has 2 rings (SSSR count). The molecule has 4 N–H and O–H groups in total. The van der Waals surface area contributed by atoms with Crippen molar-refractivity contribution in [3.05, 3.63) is 78.9 Å². The first-order valence-corrected chi connectivity index (χ1v) is 13.3. The summed E-state index contributed by atoms with van der Waals surface area (Å²) in [5, 5.41) is 45.8. The molecule has 0 saturated heterocycles. The van der Waals surface area contributed by atoms with Gasteiger partial charge in [0.15, 0.2) is 0 Å². The molecule has 0 aliphatic carbocycles. The van der Waals surface area contributed by atoms with Crippen molar-refractivity contribution in [1.82, 2.24) is 10.6 Å². The summed E-state index contributed by atoms with van der Waals surface area (Å²) in [6, 6.07) is 8.79. The minimum atomic E-state index is -0.577. The van der Waals surface area contributed by atoms with Gasteiger partial charge in [-0.05, 0) is 23.3 Å². The van der Waals surface area contributed by atoms with E-state index in [1.54, 1.807) is 12.1 Å². The number of rotatable bonds is 15. The Kier molecular flexibility index (Phi) is 12.1. The van der Waals surface area contributed by atoms with Crippen LogP contribution in [0.2, 0.25) is 0 Å². The molecule has 0 saturated carbocycles. The number of aliphatic hydroxyl groups excluding tert-OH is 2. The predicted molar refractivity (Wildman–Crippen MR) is 136 cm³/mol. The lowest BCUT2D eigenvalue weighted by Crippen LogP contribution is -2.23. The number of nitro groups is 2. The number of carbonyl (C=O) groups excluding carboxylic acids is 2. The van der Waals surface area contributed by atoms with Gasteiger partial charge in [0.25, 0.3) is 11.4 Å². The number of aliphatic hydroxyl groups is 2. The van der Waals surface area contributed by atoms with Crippen molar-refractivity contribution in [2.45, 2.75) is 39.1 Å². The molecule has 14 heteroatoms. The topological polar surface area (TPSA) is 185 Å². The van der Waals surface area contributed by atoms with E-state index in [-0.39, 0.29) is 60.2 Å². The van der Waals surface area contributed by atoms with Crippen LogP contribution in [0.15, 0.2) is 36.4 Å². The van der Waals surface area contributed by atoms with Crippen molar-refractivity contribution in [1.29, 1.82) is 0 Å². The monoisotopic (exact) mass is 538 g/mol. The third kappa shape index (κ3) is 9.45. The fourth-order valence-electron chi connectivity index (χ4n) is 3.01. The fraction of sp³-hybridized carbons (Fsp3) is 0.364. The Morgan fingerprint density at radius 3 is 1.47 bits per heavy atom. The van der Waals surface area contributed by atoms with Crippen molar-refractivity contribution in [3.63, 3.8) is 0 Å². The number of carbonyl (C=O) groups is 2. The van der Waals surface area contributed by atoms with E-state index in [4.69, 9.17) is 10.2 Å². The molecule has 0 heterocycles. The second kappa shape index (κ2) is 15.0. The van der Waals surface area contributed by atoms with Crippen molar-refractivity contribution in [2.75, 3.05) is 11.5 Å². The summed E-state index contributed by atoms with van der Waals surface area (Å²) in [6.45, 7) is -0.614. The maximum absolute atomic E-state index is 12.0. The molecule has 0 aliphatic heterocycles. The molecule has 0 bridgehead atoms. The molecular formula is C22H26N4O8S2. The number of nitro benzene ring substituents is 2. The van der Waals surface area contributed by atoms with Crippen LogP contribution in [0.3, 0.4) is 0 Å². The number of hydrogen-bond donors (Lipinski definition) is 4. The van der Waals surface area contributed by atoms with Gasteiger partial charge in [0.2, 0.25) is 11.8 Å². The highest BCUT2D eigenvalue weighted by atomic mass is 33.1. The summed E-state index contributed by atoms with van der Waals surface area (Å²) in [4.78, 5) is 44.9. The van der Waals surface area contributed by atoms with Crippen LogP contribution >= 0.6 is 21.6 Å². The normalized spacial score (nSPS) is 10.6. The number of hydrogen-bond acceptors (Lipinski definition) is 10. The van der Waals surface area contributed by atoms with Crippen LogP contribution < -0.4 is 10.6 Å². The van der Waals surface area contributed by atoms with Crippen LogP contribution in [0.5, 0.6) is 0 Å². The molecule has 0 unspecified atom stereocenters. The summed E-state index contributed by atoms with van der Waals surface area (Å²) >= 11 is 0. The number of benzene rings is 2. The van der Waals surface area contributed by atoms with Crippen LogP contribution in [0.25, 0.3) is 0 Å². The molecule has 0 aliphatic rings. The summed E-state index contributed by atoms with van der Waals surface area (Å²) in [6.07, 6.45) is 0.479. The van der Waals surface area contributed by atoms with Crippen LogP contribution in [-0.2, 0) is 35.9 Å². The summed E-state index contributed by atoms with van der Waals surface area (Å²) in [5.41, 5.74) is 1.14. The summed E-state index contributed by atoms with van der Waals surface area (Å²) in [5.74, 6) is 0.609. The van der Waals surface area contributed by atoms with Gasteiger partial charge in [-0.3, -0.25) is 29.8 Å². The molecule has 194 valence electrons. The Hall–Kier alpha value is -3.20. The van der Waals surface area contributed by atoms with Gasteiger partial charge < -0.3 is 20.8 Å². The molecule has 12 nitrogen and oxygen atoms in total. The number of nitrogens with one attached hydrogen (secondary N) is 2. The van der Waals surface area contributed by atoms with Crippen LogP contribution in [0.1, 0.15) is 35.1 Å². The Labute approximate surface area is 214 Å². The lowest BCUT2D eigenvalue weighted by molar-refractivity contribution is -0.386. The van der Waals surface area contributed by atoms with Crippen molar-refractivity contribution in [3.8, 4) is 0 Å². The first-order chi connectivity index (χ1) is 17.2. The first-order valence-electron chi connectivity index (χ1n) is 10.8. The second-order valence-corrected chi connectivity index (χ2v) is 10.2. The summed E-state index contributed by atoms with van der Waals surface area (Å²) < 4.78 is 0. The van der Waals surface area contributed by atoms with E-state index >= 15 is 0 Å². The van der Waals surface area contributed by atoms with Gasteiger partial charge in [-0.2, -0.15) is 0 Å². The third-order valence-electron chi connectivity index (χ3n) is 4.92. The SMILES string of the molecule is O=C(CCSSCCC(=O)NCc1ccc(CO)c([N+](=O)[O-])c1)NCc1ccc(CO)c([N+](=O)[O-])c1. The van der Waals surface area contributed by atoms with Crippen molar-refractivity contribution < 1.29 is 29.6 Å². The van der Waals surface area contributed by atoms with Crippen LogP contribution in [0.4, 0.5) is 11.4 Å².